The minimum Gasteiger partial charge on any atom is -0.508 e. The van der Waals surface area contributed by atoms with Crippen LogP contribution in [0.2, 0.25) is 0 Å². The van der Waals surface area contributed by atoms with Crippen molar-refractivity contribution in [1.82, 2.24) is 0 Å². The molecule has 1 aromatic carbocycles. The molecule has 0 fully saturated rings. The Morgan fingerprint density at radius 2 is 2.00 bits per heavy atom. The zero-order valence-corrected chi connectivity index (χ0v) is 7.91. The van der Waals surface area contributed by atoms with Gasteiger partial charge in [-0.3, -0.25) is 0 Å². The fraction of sp³-hybridized carbons (Fsp3) is 0.273. The summed E-state index contributed by atoms with van der Waals surface area (Å²) >= 11 is 0. The summed E-state index contributed by atoms with van der Waals surface area (Å²) in [6.45, 7) is 4.02. The molecule has 0 aliphatic heterocycles. The van der Waals surface area contributed by atoms with E-state index in [-0.39, 0.29) is 11.5 Å². The lowest BCUT2D eigenvalue weighted by Gasteiger charge is -2.01. The maximum absolute atomic E-state index is 9.41. The van der Waals surface area contributed by atoms with Crippen molar-refractivity contribution in [3.63, 3.8) is 0 Å². The SMILES string of the molecule is CC(C)=CCc1ccc(O)cc1O. The standard InChI is InChI=1S/C11H14O2/c1-8(2)3-4-9-5-6-10(12)7-11(9)13/h3,5-7,12-13H,4H2,1-2H3. The van der Waals surface area contributed by atoms with E-state index in [4.69, 9.17) is 5.11 Å². The Bertz CT molecular complexity index is 323. The molecule has 0 bridgehead atoms. The minimum atomic E-state index is 0.0958. The average molecular weight is 178 g/mol. The van der Waals surface area contributed by atoms with Crippen LogP contribution in [0.4, 0.5) is 0 Å². The summed E-state index contributed by atoms with van der Waals surface area (Å²) in [7, 11) is 0. The lowest BCUT2D eigenvalue weighted by molar-refractivity contribution is 0.447. The number of benzene rings is 1. The summed E-state index contributed by atoms with van der Waals surface area (Å²) in [6, 6.07) is 4.66. The Hall–Kier alpha value is -1.44. The van der Waals surface area contributed by atoms with Crippen LogP contribution in [0.5, 0.6) is 11.5 Å². The van der Waals surface area contributed by atoms with E-state index in [1.807, 2.05) is 19.9 Å². The molecule has 0 aliphatic rings. The first-order valence-electron chi connectivity index (χ1n) is 4.24. The third-order valence-electron chi connectivity index (χ3n) is 1.80. The second kappa shape index (κ2) is 3.99. The Labute approximate surface area is 78.2 Å². The highest BCUT2D eigenvalue weighted by Crippen LogP contribution is 2.23. The highest BCUT2D eigenvalue weighted by molar-refractivity contribution is 5.40. The maximum Gasteiger partial charge on any atom is 0.122 e. The van der Waals surface area contributed by atoms with E-state index in [9.17, 15) is 5.11 Å². The molecule has 1 rings (SSSR count). The van der Waals surface area contributed by atoms with Gasteiger partial charge >= 0.3 is 0 Å². The van der Waals surface area contributed by atoms with Gasteiger partial charge in [-0.1, -0.05) is 17.7 Å². The number of hydrogen-bond acceptors (Lipinski definition) is 2. The minimum absolute atomic E-state index is 0.0958. The third-order valence-corrected chi connectivity index (χ3v) is 1.80. The zero-order valence-electron chi connectivity index (χ0n) is 7.91. The molecule has 2 N–H and O–H groups in total. The first-order chi connectivity index (χ1) is 6.09. The fourth-order valence-electron chi connectivity index (χ4n) is 1.04. The second-order valence-electron chi connectivity index (χ2n) is 3.30. The Morgan fingerprint density at radius 3 is 2.54 bits per heavy atom. The Kier molecular flexibility index (Phi) is 2.96. The van der Waals surface area contributed by atoms with Gasteiger partial charge in [0, 0.05) is 6.07 Å². The molecule has 0 saturated heterocycles. The number of aromatic hydroxyl groups is 2. The van der Waals surface area contributed by atoms with Gasteiger partial charge in [0.05, 0.1) is 0 Å². The first-order valence-corrected chi connectivity index (χ1v) is 4.24. The largest absolute Gasteiger partial charge is 0.508 e. The van der Waals surface area contributed by atoms with E-state index < -0.39 is 0 Å². The predicted octanol–water partition coefficient (Wildman–Crippen LogP) is 2.61. The number of rotatable bonds is 2. The maximum atomic E-state index is 9.41. The third kappa shape index (κ3) is 2.82. The summed E-state index contributed by atoms with van der Waals surface area (Å²) in [4.78, 5) is 0. The van der Waals surface area contributed by atoms with Crippen molar-refractivity contribution < 1.29 is 10.2 Å². The predicted molar refractivity (Wildman–Crippen MR) is 52.9 cm³/mol. The molecular weight excluding hydrogens is 164 g/mol. The van der Waals surface area contributed by atoms with Crippen LogP contribution in [-0.2, 0) is 6.42 Å². The highest BCUT2D eigenvalue weighted by Gasteiger charge is 1.99. The van der Waals surface area contributed by atoms with Crippen LogP contribution in [-0.4, -0.2) is 10.2 Å². The van der Waals surface area contributed by atoms with E-state index in [1.54, 1.807) is 12.1 Å². The van der Waals surface area contributed by atoms with Crippen LogP contribution in [0.1, 0.15) is 19.4 Å². The molecule has 0 heterocycles. The summed E-state index contributed by atoms with van der Waals surface area (Å²) < 4.78 is 0. The lowest BCUT2D eigenvalue weighted by Crippen LogP contribution is -1.82. The van der Waals surface area contributed by atoms with Crippen molar-refractivity contribution >= 4 is 0 Å². The number of hydrogen-bond donors (Lipinski definition) is 2. The molecule has 0 spiro atoms. The molecule has 0 unspecified atom stereocenters. The van der Waals surface area contributed by atoms with Crippen LogP contribution in [0, 0.1) is 0 Å². The van der Waals surface area contributed by atoms with Gasteiger partial charge in [-0.15, -0.1) is 0 Å². The van der Waals surface area contributed by atoms with Gasteiger partial charge in [0.25, 0.3) is 0 Å². The van der Waals surface area contributed by atoms with Crippen molar-refractivity contribution in [3.05, 3.63) is 35.4 Å². The summed E-state index contributed by atoms with van der Waals surface area (Å²) in [5, 5.41) is 18.5. The van der Waals surface area contributed by atoms with Gasteiger partial charge < -0.3 is 10.2 Å². The molecule has 0 atom stereocenters. The molecule has 1 aromatic rings. The van der Waals surface area contributed by atoms with Crippen molar-refractivity contribution in [2.24, 2.45) is 0 Å². The molecular formula is C11H14O2. The van der Waals surface area contributed by atoms with E-state index in [0.29, 0.717) is 6.42 Å². The second-order valence-corrected chi connectivity index (χ2v) is 3.30. The van der Waals surface area contributed by atoms with Crippen molar-refractivity contribution in [3.8, 4) is 11.5 Å². The average Bonchev–Trinajstić information content (AvgIpc) is 2.02. The zero-order chi connectivity index (χ0) is 9.84. The van der Waals surface area contributed by atoms with Gasteiger partial charge in [0.15, 0.2) is 0 Å². The number of allylic oxidation sites excluding steroid dienone is 2. The van der Waals surface area contributed by atoms with Gasteiger partial charge in [0.2, 0.25) is 0 Å². The summed E-state index contributed by atoms with van der Waals surface area (Å²) in [5.41, 5.74) is 2.05. The van der Waals surface area contributed by atoms with E-state index >= 15 is 0 Å². The van der Waals surface area contributed by atoms with Crippen molar-refractivity contribution in [1.29, 1.82) is 0 Å². The Morgan fingerprint density at radius 1 is 1.31 bits per heavy atom. The molecule has 0 aromatic heterocycles. The van der Waals surface area contributed by atoms with Crippen molar-refractivity contribution in [2.75, 3.05) is 0 Å². The monoisotopic (exact) mass is 178 g/mol. The first kappa shape index (κ1) is 9.65. The fourth-order valence-corrected chi connectivity index (χ4v) is 1.04. The van der Waals surface area contributed by atoms with Crippen LogP contribution in [0.15, 0.2) is 29.8 Å². The van der Waals surface area contributed by atoms with Gasteiger partial charge in [-0.25, -0.2) is 0 Å². The van der Waals surface area contributed by atoms with Crippen LogP contribution in [0.3, 0.4) is 0 Å². The molecule has 0 radical (unpaired) electrons. The topological polar surface area (TPSA) is 40.5 Å². The molecule has 70 valence electrons. The van der Waals surface area contributed by atoms with Crippen LogP contribution >= 0.6 is 0 Å². The van der Waals surface area contributed by atoms with E-state index in [0.717, 1.165) is 5.56 Å². The van der Waals surface area contributed by atoms with E-state index in [2.05, 4.69) is 0 Å². The number of phenols is 2. The highest BCUT2D eigenvalue weighted by atomic mass is 16.3. The summed E-state index contributed by atoms with van der Waals surface area (Å²) in [5.74, 6) is 0.246. The van der Waals surface area contributed by atoms with Crippen LogP contribution < -0.4 is 0 Å². The van der Waals surface area contributed by atoms with E-state index in [1.165, 1.54) is 11.6 Å². The van der Waals surface area contributed by atoms with Gasteiger partial charge in [-0.2, -0.15) is 0 Å². The van der Waals surface area contributed by atoms with Crippen molar-refractivity contribution in [2.45, 2.75) is 20.3 Å². The molecule has 0 amide bonds. The molecule has 0 saturated carbocycles. The van der Waals surface area contributed by atoms with Crippen LogP contribution in [0.25, 0.3) is 0 Å². The Balaban J connectivity index is 2.84. The molecule has 2 heteroatoms. The quantitative estimate of drug-likeness (QED) is 0.683. The van der Waals surface area contributed by atoms with Gasteiger partial charge in [0.1, 0.15) is 11.5 Å². The number of phenolic OH excluding ortho intramolecular Hbond substituents is 2. The molecule has 2 nitrogen and oxygen atoms in total. The normalized spacial score (nSPS) is 9.69. The smallest absolute Gasteiger partial charge is 0.122 e. The molecule has 13 heavy (non-hydrogen) atoms. The molecule has 0 aliphatic carbocycles. The summed E-state index contributed by atoms with van der Waals surface area (Å²) in [6.07, 6.45) is 2.74. The van der Waals surface area contributed by atoms with Gasteiger partial charge in [-0.05, 0) is 31.9 Å². The lowest BCUT2D eigenvalue weighted by atomic mass is 10.1.